The fourth-order valence-corrected chi connectivity index (χ4v) is 3.89. The van der Waals surface area contributed by atoms with Crippen molar-refractivity contribution < 1.29 is 4.42 Å². The van der Waals surface area contributed by atoms with Crippen molar-refractivity contribution in [1.82, 2.24) is 15.5 Å². The van der Waals surface area contributed by atoms with Gasteiger partial charge in [0.1, 0.15) is 0 Å². The molecule has 0 spiro atoms. The first-order chi connectivity index (χ1) is 12.2. The van der Waals surface area contributed by atoms with Crippen molar-refractivity contribution in [3.8, 4) is 11.5 Å². The number of thiophene rings is 1. The van der Waals surface area contributed by atoms with Gasteiger partial charge in [-0.1, -0.05) is 36.4 Å². The molecule has 1 N–H and O–H groups in total. The molecule has 0 aliphatic heterocycles. The zero-order chi connectivity index (χ0) is 17.2. The van der Waals surface area contributed by atoms with E-state index in [1.54, 1.807) is 0 Å². The minimum absolute atomic E-state index is 0.228. The van der Waals surface area contributed by atoms with Crippen molar-refractivity contribution in [3.63, 3.8) is 0 Å². The number of aryl methyl sites for hydroxylation is 1. The van der Waals surface area contributed by atoms with Crippen LogP contribution < -0.4 is 5.32 Å². The Kier molecular flexibility index (Phi) is 4.34. The summed E-state index contributed by atoms with van der Waals surface area (Å²) in [7, 11) is 0. The second kappa shape index (κ2) is 6.78. The van der Waals surface area contributed by atoms with Crippen LogP contribution >= 0.6 is 11.3 Å². The number of aromatic nitrogens is 2. The lowest BCUT2D eigenvalue weighted by molar-refractivity contribution is 0.456. The van der Waals surface area contributed by atoms with Gasteiger partial charge in [-0.05, 0) is 43.0 Å². The second-order valence-corrected chi connectivity index (χ2v) is 7.22. The average molecular weight is 349 g/mol. The molecule has 0 bridgehead atoms. The monoisotopic (exact) mass is 349 g/mol. The third-order valence-corrected chi connectivity index (χ3v) is 5.57. The van der Waals surface area contributed by atoms with Gasteiger partial charge >= 0.3 is 0 Å². The molecule has 0 aliphatic rings. The quantitative estimate of drug-likeness (QED) is 0.544. The predicted molar refractivity (Wildman–Crippen MR) is 102 cm³/mol. The summed E-state index contributed by atoms with van der Waals surface area (Å²) in [5.41, 5.74) is 2.11. The molecule has 4 nitrogen and oxygen atoms in total. The van der Waals surface area contributed by atoms with E-state index in [9.17, 15) is 0 Å². The average Bonchev–Trinajstić information content (AvgIpc) is 3.27. The van der Waals surface area contributed by atoms with Crippen LogP contribution in [0.4, 0.5) is 0 Å². The lowest BCUT2D eigenvalue weighted by Gasteiger charge is -2.09. The molecule has 0 unspecified atom stereocenters. The van der Waals surface area contributed by atoms with Crippen LogP contribution in [0, 0.1) is 6.92 Å². The summed E-state index contributed by atoms with van der Waals surface area (Å²) in [6.45, 7) is 4.75. The highest BCUT2D eigenvalue weighted by Crippen LogP contribution is 2.29. The molecule has 5 heteroatoms. The molecule has 126 valence electrons. The lowest BCUT2D eigenvalue weighted by atomic mass is 10.1. The summed E-state index contributed by atoms with van der Waals surface area (Å²) < 4.78 is 7.13. The van der Waals surface area contributed by atoms with E-state index < -0.39 is 0 Å². The SMILES string of the molecule is Cc1ccccc1-c1nnc(CN[C@@H](C)c2cc3ccccc3s2)o1. The fraction of sp³-hybridized carbons (Fsp3) is 0.200. The summed E-state index contributed by atoms with van der Waals surface area (Å²) in [5, 5.41) is 13.1. The van der Waals surface area contributed by atoms with Crippen LogP contribution in [0.5, 0.6) is 0 Å². The predicted octanol–water partition coefficient (Wildman–Crippen LogP) is 5.11. The van der Waals surface area contributed by atoms with Gasteiger partial charge in [0, 0.05) is 21.2 Å². The first-order valence-corrected chi connectivity index (χ1v) is 9.12. The van der Waals surface area contributed by atoms with Gasteiger partial charge in [-0.15, -0.1) is 21.5 Å². The molecule has 4 aromatic rings. The maximum absolute atomic E-state index is 5.81. The summed E-state index contributed by atoms with van der Waals surface area (Å²) >= 11 is 1.82. The van der Waals surface area contributed by atoms with E-state index >= 15 is 0 Å². The summed E-state index contributed by atoms with van der Waals surface area (Å²) in [6.07, 6.45) is 0. The van der Waals surface area contributed by atoms with Gasteiger partial charge in [0.15, 0.2) is 0 Å². The number of hydrogen-bond acceptors (Lipinski definition) is 5. The minimum Gasteiger partial charge on any atom is -0.419 e. The molecule has 0 saturated carbocycles. The first kappa shape index (κ1) is 16.0. The van der Waals surface area contributed by atoms with Gasteiger partial charge in [-0.2, -0.15) is 0 Å². The van der Waals surface area contributed by atoms with Crippen molar-refractivity contribution in [2.75, 3.05) is 0 Å². The number of nitrogens with one attached hydrogen (secondary N) is 1. The molecule has 0 radical (unpaired) electrons. The third kappa shape index (κ3) is 3.34. The number of rotatable bonds is 5. The third-order valence-electron chi connectivity index (χ3n) is 4.27. The normalized spacial score (nSPS) is 12.6. The standard InChI is InChI=1S/C20H19N3OS/c1-13-7-3-5-9-16(13)20-23-22-19(24-20)12-21-14(2)18-11-15-8-4-6-10-17(15)25-18/h3-11,14,21H,12H2,1-2H3/t14-/m0/s1. The Morgan fingerprint density at radius 2 is 1.88 bits per heavy atom. The number of benzene rings is 2. The molecule has 25 heavy (non-hydrogen) atoms. The first-order valence-electron chi connectivity index (χ1n) is 8.31. The van der Waals surface area contributed by atoms with Crippen LogP contribution in [-0.4, -0.2) is 10.2 Å². The molecule has 1 atom stereocenters. The summed E-state index contributed by atoms with van der Waals surface area (Å²) in [6, 6.07) is 18.9. The van der Waals surface area contributed by atoms with Crippen LogP contribution in [0.1, 0.15) is 29.3 Å². The maximum atomic E-state index is 5.81. The Balaban J connectivity index is 1.45. The van der Waals surface area contributed by atoms with E-state index in [2.05, 4.69) is 52.8 Å². The van der Waals surface area contributed by atoms with Gasteiger partial charge in [-0.3, -0.25) is 0 Å². The van der Waals surface area contributed by atoms with Gasteiger partial charge < -0.3 is 9.73 Å². The van der Waals surface area contributed by atoms with Gasteiger partial charge in [0.2, 0.25) is 11.8 Å². The Bertz CT molecular complexity index is 972. The summed E-state index contributed by atoms with van der Waals surface area (Å²) in [4.78, 5) is 1.31. The fourth-order valence-electron chi connectivity index (χ4n) is 2.80. The van der Waals surface area contributed by atoms with Crippen molar-refractivity contribution in [1.29, 1.82) is 0 Å². The summed E-state index contributed by atoms with van der Waals surface area (Å²) in [5.74, 6) is 1.18. The highest BCUT2D eigenvalue weighted by atomic mass is 32.1. The zero-order valence-electron chi connectivity index (χ0n) is 14.2. The van der Waals surface area contributed by atoms with Gasteiger partial charge in [0.25, 0.3) is 0 Å². The van der Waals surface area contributed by atoms with Crippen molar-refractivity contribution in [2.45, 2.75) is 26.4 Å². The van der Waals surface area contributed by atoms with E-state index in [1.807, 2.05) is 42.5 Å². The largest absolute Gasteiger partial charge is 0.419 e. The molecule has 0 fully saturated rings. The van der Waals surface area contributed by atoms with Crippen LogP contribution in [-0.2, 0) is 6.54 Å². The van der Waals surface area contributed by atoms with Crippen LogP contribution in [0.3, 0.4) is 0 Å². The molecule has 0 aliphatic carbocycles. The van der Waals surface area contributed by atoms with Crippen LogP contribution in [0.25, 0.3) is 21.5 Å². The zero-order valence-corrected chi connectivity index (χ0v) is 15.0. The molecule has 2 heterocycles. The van der Waals surface area contributed by atoms with E-state index in [4.69, 9.17) is 4.42 Å². The number of nitrogens with zero attached hydrogens (tertiary/aromatic N) is 2. The highest BCUT2D eigenvalue weighted by Gasteiger charge is 2.13. The Hall–Kier alpha value is -2.50. The molecule has 0 saturated heterocycles. The van der Waals surface area contributed by atoms with E-state index in [-0.39, 0.29) is 6.04 Å². The second-order valence-electron chi connectivity index (χ2n) is 6.11. The Morgan fingerprint density at radius 3 is 2.72 bits per heavy atom. The number of hydrogen-bond donors (Lipinski definition) is 1. The van der Waals surface area contributed by atoms with Crippen molar-refractivity contribution in [2.24, 2.45) is 0 Å². The molecule has 0 amide bonds. The van der Waals surface area contributed by atoms with Gasteiger partial charge in [0.05, 0.1) is 6.54 Å². The van der Waals surface area contributed by atoms with Gasteiger partial charge in [-0.25, -0.2) is 0 Å². The van der Waals surface area contributed by atoms with E-state index in [0.717, 1.165) is 11.1 Å². The smallest absolute Gasteiger partial charge is 0.248 e. The van der Waals surface area contributed by atoms with E-state index in [0.29, 0.717) is 18.3 Å². The molecular weight excluding hydrogens is 330 g/mol. The molecular formula is C20H19N3OS. The Labute approximate surface area is 150 Å². The molecule has 4 rings (SSSR count). The highest BCUT2D eigenvalue weighted by molar-refractivity contribution is 7.19. The molecule has 2 aromatic carbocycles. The minimum atomic E-state index is 0.228. The van der Waals surface area contributed by atoms with Crippen molar-refractivity contribution in [3.05, 3.63) is 70.9 Å². The topological polar surface area (TPSA) is 51.0 Å². The van der Waals surface area contributed by atoms with Crippen LogP contribution in [0.15, 0.2) is 59.0 Å². The van der Waals surface area contributed by atoms with E-state index in [1.165, 1.54) is 15.0 Å². The maximum Gasteiger partial charge on any atom is 0.248 e. The number of fused-ring (bicyclic) bond motifs is 1. The van der Waals surface area contributed by atoms with Crippen molar-refractivity contribution >= 4 is 21.4 Å². The Morgan fingerprint density at radius 1 is 1.08 bits per heavy atom. The van der Waals surface area contributed by atoms with Crippen LogP contribution in [0.2, 0.25) is 0 Å². The lowest BCUT2D eigenvalue weighted by Crippen LogP contribution is -2.17. The molecule has 2 aromatic heterocycles.